The molecule has 1 rings (SSSR count). The van der Waals surface area contributed by atoms with E-state index >= 15 is 0 Å². The first kappa shape index (κ1) is 13.1. The van der Waals surface area contributed by atoms with Crippen LogP contribution in [0, 0.1) is 0 Å². The minimum absolute atomic E-state index is 0.0907. The zero-order valence-electron chi connectivity index (χ0n) is 9.02. The Balaban J connectivity index is 2.38. The van der Waals surface area contributed by atoms with Crippen molar-refractivity contribution in [3.8, 4) is 0 Å². The third-order valence-electron chi connectivity index (χ3n) is 2.21. The number of ether oxygens (including phenoxy) is 1. The Morgan fingerprint density at radius 2 is 2.06 bits per heavy atom. The van der Waals surface area contributed by atoms with Crippen molar-refractivity contribution >= 4 is 15.9 Å². The number of hydrogen-bond donors (Lipinski definition) is 1. The lowest BCUT2D eigenvalue weighted by Crippen LogP contribution is -2.43. The predicted molar refractivity (Wildman–Crippen MR) is 59.4 cm³/mol. The Morgan fingerprint density at radius 1 is 1.44 bits per heavy atom. The minimum atomic E-state index is -3.28. The molecule has 1 N–H and O–H groups in total. The number of carbonyl (C=O) groups is 1. The average molecular weight is 248 g/mol. The molecule has 0 unspecified atom stereocenters. The largest absolute Gasteiger partial charge is 0.379 e. The molecule has 0 radical (unpaired) electrons. The fourth-order valence-electron chi connectivity index (χ4n) is 1.33. The highest BCUT2D eigenvalue weighted by Crippen LogP contribution is 2.04. The van der Waals surface area contributed by atoms with E-state index in [1.165, 1.54) is 4.31 Å². The number of hydrogen-bond acceptors (Lipinski definition) is 4. The van der Waals surface area contributed by atoms with Gasteiger partial charge in [0.2, 0.25) is 15.9 Å². The fourth-order valence-corrected chi connectivity index (χ4v) is 2.65. The number of carbonyl (C=O) groups excluding carboxylic acids is 1. The first-order valence-electron chi connectivity index (χ1n) is 5.02. The van der Waals surface area contributed by atoms with Crippen molar-refractivity contribution in [2.24, 2.45) is 0 Å². The number of sulfonamides is 1. The third kappa shape index (κ3) is 3.92. The topological polar surface area (TPSA) is 75.7 Å². The van der Waals surface area contributed by atoms with E-state index < -0.39 is 10.0 Å². The summed E-state index contributed by atoms with van der Waals surface area (Å²) < 4.78 is 29.9. The van der Waals surface area contributed by atoms with Gasteiger partial charge in [-0.05, 0) is 6.08 Å². The number of nitrogens with one attached hydrogen (secondary N) is 1. The summed E-state index contributed by atoms with van der Waals surface area (Å²) in [6.07, 6.45) is 1.11. The molecule has 1 aliphatic heterocycles. The van der Waals surface area contributed by atoms with Crippen LogP contribution in [-0.4, -0.2) is 57.2 Å². The van der Waals surface area contributed by atoms with E-state index in [9.17, 15) is 13.2 Å². The Kier molecular flexibility index (Phi) is 4.91. The van der Waals surface area contributed by atoms with Crippen LogP contribution >= 0.6 is 0 Å². The summed E-state index contributed by atoms with van der Waals surface area (Å²) in [5, 5.41) is 2.43. The van der Waals surface area contributed by atoms with Crippen LogP contribution in [0.25, 0.3) is 0 Å². The van der Waals surface area contributed by atoms with Gasteiger partial charge in [-0.1, -0.05) is 6.58 Å². The Morgan fingerprint density at radius 3 is 2.62 bits per heavy atom. The van der Waals surface area contributed by atoms with Crippen LogP contribution < -0.4 is 5.32 Å². The lowest BCUT2D eigenvalue weighted by atomic mass is 10.5. The molecule has 1 aliphatic rings. The smallest absolute Gasteiger partial charge is 0.243 e. The SMILES string of the molecule is C=CC(=O)NCCS(=O)(=O)N1CCOCC1. The quantitative estimate of drug-likeness (QED) is 0.630. The molecule has 7 heteroatoms. The van der Waals surface area contributed by atoms with Crippen LogP contribution in [0.1, 0.15) is 0 Å². The van der Waals surface area contributed by atoms with Gasteiger partial charge in [0.15, 0.2) is 0 Å². The molecule has 0 aromatic rings. The molecule has 1 amide bonds. The Bertz CT molecular complexity index is 347. The van der Waals surface area contributed by atoms with E-state index in [1.54, 1.807) is 0 Å². The van der Waals surface area contributed by atoms with E-state index in [1.807, 2.05) is 0 Å². The average Bonchev–Trinajstić information content (AvgIpc) is 2.30. The summed E-state index contributed by atoms with van der Waals surface area (Å²) >= 11 is 0. The molecule has 1 heterocycles. The van der Waals surface area contributed by atoms with Crippen LogP contribution in [0.2, 0.25) is 0 Å². The summed E-state index contributed by atoms with van der Waals surface area (Å²) in [5.41, 5.74) is 0. The van der Waals surface area contributed by atoms with Crippen molar-refractivity contribution in [3.63, 3.8) is 0 Å². The van der Waals surface area contributed by atoms with Crippen molar-refractivity contribution in [2.45, 2.75) is 0 Å². The summed E-state index contributed by atoms with van der Waals surface area (Å²) in [7, 11) is -3.28. The van der Waals surface area contributed by atoms with Gasteiger partial charge in [0.05, 0.1) is 19.0 Å². The molecular formula is C9H16N2O4S. The second-order valence-electron chi connectivity index (χ2n) is 3.32. The molecule has 16 heavy (non-hydrogen) atoms. The zero-order valence-corrected chi connectivity index (χ0v) is 9.83. The van der Waals surface area contributed by atoms with Gasteiger partial charge in [-0.3, -0.25) is 4.79 Å². The Labute approximate surface area is 95.3 Å². The summed E-state index contributed by atoms with van der Waals surface area (Å²) in [5.74, 6) is -0.454. The van der Waals surface area contributed by atoms with Gasteiger partial charge in [-0.15, -0.1) is 0 Å². The third-order valence-corrected chi connectivity index (χ3v) is 4.08. The van der Waals surface area contributed by atoms with Crippen molar-refractivity contribution < 1.29 is 17.9 Å². The first-order valence-corrected chi connectivity index (χ1v) is 6.63. The van der Waals surface area contributed by atoms with Crippen LogP contribution in [0.4, 0.5) is 0 Å². The molecule has 6 nitrogen and oxygen atoms in total. The van der Waals surface area contributed by atoms with Gasteiger partial charge in [0.1, 0.15) is 0 Å². The monoisotopic (exact) mass is 248 g/mol. The minimum Gasteiger partial charge on any atom is -0.379 e. The zero-order chi connectivity index (χ0) is 12.0. The number of amides is 1. The van der Waals surface area contributed by atoms with Crippen molar-refractivity contribution in [3.05, 3.63) is 12.7 Å². The molecule has 1 fully saturated rings. The molecule has 0 aromatic carbocycles. The van der Waals surface area contributed by atoms with Crippen molar-refractivity contribution in [2.75, 3.05) is 38.6 Å². The van der Waals surface area contributed by atoms with Crippen LogP contribution in [0.3, 0.4) is 0 Å². The van der Waals surface area contributed by atoms with Gasteiger partial charge in [-0.25, -0.2) is 8.42 Å². The molecule has 1 saturated heterocycles. The van der Waals surface area contributed by atoms with E-state index in [0.717, 1.165) is 6.08 Å². The maximum Gasteiger partial charge on any atom is 0.243 e. The number of morpholine rings is 1. The number of nitrogens with zero attached hydrogens (tertiary/aromatic N) is 1. The second kappa shape index (κ2) is 5.97. The number of rotatable bonds is 5. The van der Waals surface area contributed by atoms with E-state index in [2.05, 4.69) is 11.9 Å². The maximum atomic E-state index is 11.7. The molecule has 0 saturated carbocycles. The van der Waals surface area contributed by atoms with Gasteiger partial charge < -0.3 is 10.1 Å². The van der Waals surface area contributed by atoms with E-state index in [4.69, 9.17) is 4.74 Å². The molecule has 0 aromatic heterocycles. The van der Waals surface area contributed by atoms with Gasteiger partial charge in [0.25, 0.3) is 0 Å². The van der Waals surface area contributed by atoms with Gasteiger partial charge in [-0.2, -0.15) is 4.31 Å². The summed E-state index contributed by atoms with van der Waals surface area (Å²) in [4.78, 5) is 10.8. The molecule has 0 bridgehead atoms. The summed E-state index contributed by atoms with van der Waals surface area (Å²) in [6.45, 7) is 5.01. The van der Waals surface area contributed by atoms with Crippen molar-refractivity contribution in [1.82, 2.24) is 9.62 Å². The highest BCUT2D eigenvalue weighted by atomic mass is 32.2. The second-order valence-corrected chi connectivity index (χ2v) is 5.41. The van der Waals surface area contributed by atoms with E-state index in [0.29, 0.717) is 26.3 Å². The fraction of sp³-hybridized carbons (Fsp3) is 0.667. The highest BCUT2D eigenvalue weighted by molar-refractivity contribution is 7.89. The lowest BCUT2D eigenvalue weighted by Gasteiger charge is -2.25. The molecule has 0 aliphatic carbocycles. The molecular weight excluding hydrogens is 232 g/mol. The molecule has 0 atom stereocenters. The van der Waals surface area contributed by atoms with E-state index in [-0.39, 0.29) is 18.2 Å². The summed E-state index contributed by atoms with van der Waals surface area (Å²) in [6, 6.07) is 0. The van der Waals surface area contributed by atoms with Crippen LogP contribution in [-0.2, 0) is 19.6 Å². The molecule has 0 spiro atoms. The standard InChI is InChI=1S/C9H16N2O4S/c1-2-9(12)10-3-8-16(13,14)11-4-6-15-7-5-11/h2H,1,3-8H2,(H,10,12). The van der Waals surface area contributed by atoms with Crippen LogP contribution in [0.15, 0.2) is 12.7 Å². The maximum absolute atomic E-state index is 11.7. The normalized spacial score (nSPS) is 18.0. The van der Waals surface area contributed by atoms with Crippen molar-refractivity contribution in [1.29, 1.82) is 0 Å². The Hall–Kier alpha value is -0.920. The van der Waals surface area contributed by atoms with Gasteiger partial charge >= 0.3 is 0 Å². The first-order chi connectivity index (χ1) is 7.56. The van der Waals surface area contributed by atoms with Crippen LogP contribution in [0.5, 0.6) is 0 Å². The highest BCUT2D eigenvalue weighted by Gasteiger charge is 2.23. The predicted octanol–water partition coefficient (Wildman–Crippen LogP) is -1.05. The molecule has 92 valence electrons. The van der Waals surface area contributed by atoms with Gasteiger partial charge in [0, 0.05) is 19.6 Å². The lowest BCUT2D eigenvalue weighted by molar-refractivity contribution is -0.116.